The SMILES string of the molecule is CC(CCN)S(=O)Cc1cc(F)cc(Br)c1. The lowest BCUT2D eigenvalue weighted by atomic mass is 10.2. The van der Waals surface area contributed by atoms with E-state index in [-0.39, 0.29) is 11.1 Å². The number of hydrogen-bond acceptors (Lipinski definition) is 2. The Bertz CT molecular complexity index is 366. The molecule has 0 amide bonds. The van der Waals surface area contributed by atoms with Gasteiger partial charge in [-0.05, 0) is 36.7 Å². The van der Waals surface area contributed by atoms with Crippen molar-refractivity contribution in [1.82, 2.24) is 0 Å². The molecule has 2 N–H and O–H groups in total. The van der Waals surface area contributed by atoms with Gasteiger partial charge >= 0.3 is 0 Å². The van der Waals surface area contributed by atoms with Gasteiger partial charge in [0.2, 0.25) is 0 Å². The number of benzene rings is 1. The van der Waals surface area contributed by atoms with Gasteiger partial charge in [-0.15, -0.1) is 0 Å². The minimum atomic E-state index is -1.000. The number of halogens is 2. The molecule has 2 atom stereocenters. The van der Waals surface area contributed by atoms with Crippen LogP contribution in [-0.2, 0) is 16.6 Å². The van der Waals surface area contributed by atoms with E-state index in [4.69, 9.17) is 5.73 Å². The first-order valence-electron chi connectivity index (χ1n) is 5.05. The molecule has 90 valence electrons. The van der Waals surface area contributed by atoms with Crippen molar-refractivity contribution in [3.8, 4) is 0 Å². The van der Waals surface area contributed by atoms with Gasteiger partial charge in [0.25, 0.3) is 0 Å². The van der Waals surface area contributed by atoms with Gasteiger partial charge in [-0.1, -0.05) is 22.9 Å². The Hall–Kier alpha value is -0.260. The second-order valence-electron chi connectivity index (χ2n) is 3.69. The van der Waals surface area contributed by atoms with E-state index in [1.54, 1.807) is 6.07 Å². The third kappa shape index (κ3) is 4.31. The Morgan fingerprint density at radius 1 is 1.50 bits per heavy atom. The van der Waals surface area contributed by atoms with E-state index in [0.29, 0.717) is 16.8 Å². The van der Waals surface area contributed by atoms with Crippen molar-refractivity contribution in [2.75, 3.05) is 6.54 Å². The second kappa shape index (κ2) is 6.47. The van der Waals surface area contributed by atoms with Crippen LogP contribution in [0.25, 0.3) is 0 Å². The van der Waals surface area contributed by atoms with Crippen LogP contribution in [0.5, 0.6) is 0 Å². The van der Waals surface area contributed by atoms with E-state index in [0.717, 1.165) is 12.0 Å². The van der Waals surface area contributed by atoms with E-state index in [9.17, 15) is 8.60 Å². The average Bonchev–Trinajstić information content (AvgIpc) is 2.16. The van der Waals surface area contributed by atoms with Crippen LogP contribution in [0.1, 0.15) is 18.9 Å². The molecule has 0 fully saturated rings. The summed E-state index contributed by atoms with van der Waals surface area (Å²) in [4.78, 5) is 0. The Balaban J connectivity index is 2.69. The van der Waals surface area contributed by atoms with Gasteiger partial charge in [0.15, 0.2) is 0 Å². The first-order valence-corrected chi connectivity index (χ1v) is 7.22. The largest absolute Gasteiger partial charge is 0.330 e. The van der Waals surface area contributed by atoms with Gasteiger partial charge < -0.3 is 5.73 Å². The van der Waals surface area contributed by atoms with Gasteiger partial charge in [0.1, 0.15) is 5.82 Å². The molecule has 1 aromatic carbocycles. The third-order valence-electron chi connectivity index (χ3n) is 2.25. The van der Waals surface area contributed by atoms with Crippen LogP contribution in [0.4, 0.5) is 4.39 Å². The molecular formula is C11H15BrFNOS. The summed E-state index contributed by atoms with van der Waals surface area (Å²) in [5.74, 6) is 0.0604. The number of nitrogens with two attached hydrogens (primary N) is 1. The third-order valence-corrected chi connectivity index (χ3v) is 4.46. The van der Waals surface area contributed by atoms with Crippen LogP contribution in [0.2, 0.25) is 0 Å². The lowest BCUT2D eigenvalue weighted by molar-refractivity contribution is 0.625. The van der Waals surface area contributed by atoms with E-state index in [1.165, 1.54) is 12.1 Å². The van der Waals surface area contributed by atoms with Gasteiger partial charge in [-0.2, -0.15) is 0 Å². The summed E-state index contributed by atoms with van der Waals surface area (Å²) in [7, 11) is -1.000. The summed E-state index contributed by atoms with van der Waals surface area (Å²) in [6.07, 6.45) is 0.725. The summed E-state index contributed by atoms with van der Waals surface area (Å²) < 4.78 is 25.6. The van der Waals surface area contributed by atoms with Crippen molar-refractivity contribution in [3.05, 3.63) is 34.1 Å². The summed E-state index contributed by atoms with van der Waals surface area (Å²) in [5.41, 5.74) is 6.15. The van der Waals surface area contributed by atoms with Crippen LogP contribution in [-0.4, -0.2) is 16.0 Å². The van der Waals surface area contributed by atoms with Crippen LogP contribution in [0, 0.1) is 5.82 Å². The van der Waals surface area contributed by atoms with Gasteiger partial charge in [0, 0.05) is 26.3 Å². The fourth-order valence-electron chi connectivity index (χ4n) is 1.37. The highest BCUT2D eigenvalue weighted by Crippen LogP contribution is 2.17. The number of hydrogen-bond donors (Lipinski definition) is 1. The first-order chi connectivity index (χ1) is 7.52. The van der Waals surface area contributed by atoms with E-state index in [2.05, 4.69) is 15.9 Å². The molecular weight excluding hydrogens is 293 g/mol. The molecule has 0 heterocycles. The van der Waals surface area contributed by atoms with Crippen LogP contribution >= 0.6 is 15.9 Å². The Morgan fingerprint density at radius 2 is 2.19 bits per heavy atom. The molecule has 2 nitrogen and oxygen atoms in total. The Morgan fingerprint density at radius 3 is 2.75 bits per heavy atom. The molecule has 0 aliphatic heterocycles. The maximum Gasteiger partial charge on any atom is 0.124 e. The standard InChI is InChI=1S/C11H15BrFNOS/c1-8(2-3-14)16(15)7-9-4-10(12)6-11(13)5-9/h4-6,8H,2-3,7,14H2,1H3. The lowest BCUT2D eigenvalue weighted by Crippen LogP contribution is -2.17. The molecule has 1 aromatic rings. The highest BCUT2D eigenvalue weighted by Gasteiger charge is 2.11. The van der Waals surface area contributed by atoms with Crippen molar-refractivity contribution in [1.29, 1.82) is 0 Å². The Labute approximate surface area is 106 Å². The molecule has 0 saturated heterocycles. The lowest BCUT2D eigenvalue weighted by Gasteiger charge is -2.10. The van der Waals surface area contributed by atoms with Crippen molar-refractivity contribution < 1.29 is 8.60 Å². The Kier molecular flexibility index (Phi) is 5.58. The van der Waals surface area contributed by atoms with Crippen molar-refractivity contribution in [2.24, 2.45) is 5.73 Å². The summed E-state index contributed by atoms with van der Waals surface area (Å²) >= 11 is 3.21. The average molecular weight is 308 g/mol. The topological polar surface area (TPSA) is 43.1 Å². The molecule has 0 saturated carbocycles. The van der Waals surface area contributed by atoms with E-state index in [1.807, 2.05) is 6.92 Å². The minimum Gasteiger partial charge on any atom is -0.330 e. The zero-order valence-electron chi connectivity index (χ0n) is 9.08. The predicted octanol–water partition coefficient (Wildman–Crippen LogP) is 2.57. The van der Waals surface area contributed by atoms with Gasteiger partial charge in [-0.3, -0.25) is 4.21 Å². The normalized spacial score (nSPS) is 14.8. The van der Waals surface area contributed by atoms with Crippen LogP contribution < -0.4 is 5.73 Å². The molecule has 0 aliphatic carbocycles. The monoisotopic (exact) mass is 307 g/mol. The molecule has 16 heavy (non-hydrogen) atoms. The van der Waals surface area contributed by atoms with Gasteiger partial charge in [0.05, 0.1) is 0 Å². The second-order valence-corrected chi connectivity index (χ2v) is 6.46. The highest BCUT2D eigenvalue weighted by molar-refractivity contribution is 9.10. The molecule has 2 unspecified atom stereocenters. The van der Waals surface area contributed by atoms with Crippen LogP contribution in [0.3, 0.4) is 0 Å². The maximum absolute atomic E-state index is 13.1. The fourth-order valence-corrected chi connectivity index (χ4v) is 3.06. The smallest absolute Gasteiger partial charge is 0.124 e. The molecule has 5 heteroatoms. The maximum atomic E-state index is 13.1. The van der Waals surface area contributed by atoms with E-state index < -0.39 is 10.8 Å². The molecule has 0 aliphatic rings. The fraction of sp³-hybridized carbons (Fsp3) is 0.455. The van der Waals surface area contributed by atoms with Crippen LogP contribution in [0.15, 0.2) is 22.7 Å². The molecule has 0 spiro atoms. The van der Waals surface area contributed by atoms with Crippen molar-refractivity contribution >= 4 is 26.7 Å². The van der Waals surface area contributed by atoms with E-state index >= 15 is 0 Å². The molecule has 0 aromatic heterocycles. The van der Waals surface area contributed by atoms with Crippen molar-refractivity contribution in [3.63, 3.8) is 0 Å². The highest BCUT2D eigenvalue weighted by atomic mass is 79.9. The predicted molar refractivity (Wildman–Crippen MR) is 69.1 cm³/mol. The zero-order chi connectivity index (χ0) is 12.1. The zero-order valence-corrected chi connectivity index (χ0v) is 11.5. The summed E-state index contributed by atoms with van der Waals surface area (Å²) in [5, 5.41) is 0.0482. The van der Waals surface area contributed by atoms with Crippen molar-refractivity contribution in [2.45, 2.75) is 24.3 Å². The minimum absolute atomic E-state index is 0.0482. The van der Waals surface area contributed by atoms with Gasteiger partial charge in [-0.25, -0.2) is 4.39 Å². The summed E-state index contributed by atoms with van der Waals surface area (Å²) in [6.45, 7) is 2.43. The molecule has 1 rings (SSSR count). The first kappa shape index (κ1) is 13.8. The quantitative estimate of drug-likeness (QED) is 0.908. The summed E-state index contributed by atoms with van der Waals surface area (Å²) in [6, 6.07) is 4.59. The number of rotatable bonds is 5. The molecule has 0 bridgehead atoms. The molecule has 0 radical (unpaired) electrons.